The maximum Gasteiger partial charge on any atom is 0.320 e. The van der Waals surface area contributed by atoms with Gasteiger partial charge in [0.15, 0.2) is 0 Å². The third kappa shape index (κ3) is 6.47. The Morgan fingerprint density at radius 2 is 2.13 bits per heavy atom. The van der Waals surface area contributed by atoms with Crippen molar-refractivity contribution in [2.75, 3.05) is 26.2 Å². The first kappa shape index (κ1) is 14.4. The number of carbonyl (C=O) groups is 1. The van der Waals surface area contributed by atoms with Gasteiger partial charge in [0.1, 0.15) is 0 Å². The number of hydrogen-bond acceptors (Lipinski definition) is 4. The standard InChI is InChI=1S/C11H24N2O2/c1-4-8-13(10(3)6-7-12)9-11(14)15-5-2/h10H,4-9,12H2,1-3H3. The Bertz CT molecular complexity index is 174. The van der Waals surface area contributed by atoms with E-state index >= 15 is 0 Å². The van der Waals surface area contributed by atoms with Crippen molar-refractivity contribution >= 4 is 5.97 Å². The van der Waals surface area contributed by atoms with Crippen LogP contribution in [-0.2, 0) is 9.53 Å². The summed E-state index contributed by atoms with van der Waals surface area (Å²) in [5.74, 6) is -0.144. The molecule has 0 rings (SSSR count). The van der Waals surface area contributed by atoms with E-state index in [0.717, 1.165) is 19.4 Å². The maximum absolute atomic E-state index is 11.3. The molecule has 0 aromatic carbocycles. The van der Waals surface area contributed by atoms with Crippen molar-refractivity contribution in [3.05, 3.63) is 0 Å². The highest BCUT2D eigenvalue weighted by atomic mass is 16.5. The number of nitrogens with zero attached hydrogens (tertiary/aromatic N) is 1. The van der Waals surface area contributed by atoms with Crippen LogP contribution in [0.25, 0.3) is 0 Å². The van der Waals surface area contributed by atoms with E-state index in [2.05, 4.69) is 18.7 Å². The van der Waals surface area contributed by atoms with Crippen LogP contribution >= 0.6 is 0 Å². The van der Waals surface area contributed by atoms with E-state index in [0.29, 0.717) is 25.7 Å². The molecule has 1 atom stereocenters. The minimum atomic E-state index is -0.144. The molecule has 0 aliphatic carbocycles. The van der Waals surface area contributed by atoms with E-state index in [4.69, 9.17) is 10.5 Å². The number of rotatable bonds is 8. The molecule has 0 aromatic heterocycles. The van der Waals surface area contributed by atoms with Gasteiger partial charge in [0.25, 0.3) is 0 Å². The number of hydrogen-bond donors (Lipinski definition) is 1. The Morgan fingerprint density at radius 3 is 2.60 bits per heavy atom. The third-order valence-electron chi connectivity index (χ3n) is 2.36. The van der Waals surface area contributed by atoms with Gasteiger partial charge in [-0.3, -0.25) is 9.69 Å². The normalized spacial score (nSPS) is 12.9. The quantitative estimate of drug-likeness (QED) is 0.615. The fourth-order valence-corrected chi connectivity index (χ4v) is 1.54. The van der Waals surface area contributed by atoms with Gasteiger partial charge in [-0.05, 0) is 39.8 Å². The lowest BCUT2D eigenvalue weighted by molar-refractivity contribution is -0.145. The predicted molar refractivity (Wildman–Crippen MR) is 61.6 cm³/mol. The fourth-order valence-electron chi connectivity index (χ4n) is 1.54. The summed E-state index contributed by atoms with van der Waals surface area (Å²) < 4.78 is 4.94. The summed E-state index contributed by atoms with van der Waals surface area (Å²) in [5.41, 5.74) is 5.51. The molecule has 0 aliphatic rings. The van der Waals surface area contributed by atoms with Crippen LogP contribution in [-0.4, -0.2) is 43.2 Å². The van der Waals surface area contributed by atoms with Crippen molar-refractivity contribution in [2.45, 2.75) is 39.7 Å². The number of ether oxygens (including phenoxy) is 1. The Morgan fingerprint density at radius 1 is 1.47 bits per heavy atom. The highest BCUT2D eigenvalue weighted by molar-refractivity contribution is 5.71. The Balaban J connectivity index is 4.07. The Labute approximate surface area is 92.8 Å². The summed E-state index contributed by atoms with van der Waals surface area (Å²) in [6, 6.07) is 0.347. The Kier molecular flexibility index (Phi) is 8.33. The molecule has 0 aliphatic heterocycles. The van der Waals surface area contributed by atoms with Gasteiger partial charge in [0.05, 0.1) is 13.2 Å². The highest BCUT2D eigenvalue weighted by Gasteiger charge is 2.16. The molecule has 0 saturated heterocycles. The van der Waals surface area contributed by atoms with Crippen LogP contribution in [0.4, 0.5) is 0 Å². The van der Waals surface area contributed by atoms with Crippen molar-refractivity contribution in [3.63, 3.8) is 0 Å². The summed E-state index contributed by atoms with van der Waals surface area (Å²) in [4.78, 5) is 13.5. The zero-order valence-electron chi connectivity index (χ0n) is 10.2. The summed E-state index contributed by atoms with van der Waals surface area (Å²) >= 11 is 0. The van der Waals surface area contributed by atoms with Gasteiger partial charge in [0, 0.05) is 6.04 Å². The SMILES string of the molecule is CCCN(CC(=O)OCC)C(C)CCN. The van der Waals surface area contributed by atoms with Crippen molar-refractivity contribution in [1.82, 2.24) is 4.90 Å². The minimum absolute atomic E-state index is 0.144. The van der Waals surface area contributed by atoms with Crippen LogP contribution in [0.3, 0.4) is 0 Å². The maximum atomic E-state index is 11.3. The third-order valence-corrected chi connectivity index (χ3v) is 2.36. The van der Waals surface area contributed by atoms with Gasteiger partial charge >= 0.3 is 5.97 Å². The molecule has 0 spiro atoms. The molecule has 4 nitrogen and oxygen atoms in total. The second-order valence-corrected chi connectivity index (χ2v) is 3.70. The zero-order chi connectivity index (χ0) is 11.7. The van der Waals surface area contributed by atoms with E-state index in [1.807, 2.05) is 6.92 Å². The topological polar surface area (TPSA) is 55.6 Å². The van der Waals surface area contributed by atoms with E-state index < -0.39 is 0 Å². The molecule has 0 fully saturated rings. The molecular weight excluding hydrogens is 192 g/mol. The number of nitrogens with two attached hydrogens (primary N) is 1. The zero-order valence-corrected chi connectivity index (χ0v) is 10.2. The van der Waals surface area contributed by atoms with Gasteiger partial charge in [-0.15, -0.1) is 0 Å². The van der Waals surface area contributed by atoms with E-state index in [-0.39, 0.29) is 5.97 Å². The van der Waals surface area contributed by atoms with Crippen molar-refractivity contribution < 1.29 is 9.53 Å². The average molecular weight is 216 g/mol. The Hall–Kier alpha value is -0.610. The molecule has 1 unspecified atom stereocenters. The van der Waals surface area contributed by atoms with E-state index in [1.165, 1.54) is 0 Å². The molecule has 4 heteroatoms. The largest absolute Gasteiger partial charge is 0.465 e. The predicted octanol–water partition coefficient (Wildman–Crippen LogP) is 0.999. The lowest BCUT2D eigenvalue weighted by atomic mass is 10.2. The summed E-state index contributed by atoms with van der Waals surface area (Å²) in [6.07, 6.45) is 1.95. The summed E-state index contributed by atoms with van der Waals surface area (Å²) in [7, 11) is 0. The molecule has 90 valence electrons. The smallest absolute Gasteiger partial charge is 0.320 e. The van der Waals surface area contributed by atoms with Crippen LogP contribution in [0, 0.1) is 0 Å². The van der Waals surface area contributed by atoms with Gasteiger partial charge in [-0.25, -0.2) is 0 Å². The molecule has 0 aromatic rings. The molecule has 0 amide bonds. The summed E-state index contributed by atoms with van der Waals surface area (Å²) in [6.45, 7) is 8.43. The van der Waals surface area contributed by atoms with Gasteiger partial charge < -0.3 is 10.5 Å². The molecule has 2 N–H and O–H groups in total. The first-order valence-electron chi connectivity index (χ1n) is 5.75. The second-order valence-electron chi connectivity index (χ2n) is 3.70. The minimum Gasteiger partial charge on any atom is -0.465 e. The number of esters is 1. The van der Waals surface area contributed by atoms with Gasteiger partial charge in [-0.2, -0.15) is 0 Å². The molecular formula is C11H24N2O2. The van der Waals surface area contributed by atoms with Crippen LogP contribution in [0.5, 0.6) is 0 Å². The van der Waals surface area contributed by atoms with E-state index in [9.17, 15) is 4.79 Å². The van der Waals surface area contributed by atoms with Crippen LogP contribution < -0.4 is 5.73 Å². The number of carbonyl (C=O) groups excluding carboxylic acids is 1. The second kappa shape index (κ2) is 8.68. The fraction of sp³-hybridized carbons (Fsp3) is 0.909. The van der Waals surface area contributed by atoms with E-state index in [1.54, 1.807) is 0 Å². The van der Waals surface area contributed by atoms with Crippen LogP contribution in [0.1, 0.15) is 33.6 Å². The monoisotopic (exact) mass is 216 g/mol. The first-order chi connectivity index (χ1) is 7.15. The van der Waals surface area contributed by atoms with Crippen LogP contribution in [0.15, 0.2) is 0 Å². The van der Waals surface area contributed by atoms with Crippen molar-refractivity contribution in [2.24, 2.45) is 5.73 Å². The van der Waals surface area contributed by atoms with Crippen LogP contribution in [0.2, 0.25) is 0 Å². The first-order valence-corrected chi connectivity index (χ1v) is 5.75. The lowest BCUT2D eigenvalue weighted by Crippen LogP contribution is -2.39. The molecule has 0 heterocycles. The lowest BCUT2D eigenvalue weighted by Gasteiger charge is -2.27. The van der Waals surface area contributed by atoms with Crippen molar-refractivity contribution in [1.29, 1.82) is 0 Å². The molecule has 0 bridgehead atoms. The highest BCUT2D eigenvalue weighted by Crippen LogP contribution is 2.04. The van der Waals surface area contributed by atoms with Crippen molar-refractivity contribution in [3.8, 4) is 0 Å². The molecule has 0 radical (unpaired) electrons. The molecule has 15 heavy (non-hydrogen) atoms. The van der Waals surface area contributed by atoms with Gasteiger partial charge in [0.2, 0.25) is 0 Å². The average Bonchev–Trinajstić information content (AvgIpc) is 2.18. The molecule has 0 saturated carbocycles. The van der Waals surface area contributed by atoms with Gasteiger partial charge in [-0.1, -0.05) is 6.92 Å². The summed E-state index contributed by atoms with van der Waals surface area (Å²) in [5, 5.41) is 0.